The van der Waals surface area contributed by atoms with Crippen molar-refractivity contribution < 1.29 is 4.79 Å². The molecule has 26 heavy (non-hydrogen) atoms. The van der Waals surface area contributed by atoms with Crippen molar-refractivity contribution in [2.24, 2.45) is 0 Å². The molecule has 0 spiro atoms. The standard InChI is InChI=1S/C21H34N4O/c1-18-6-8-19(9-7-18)20(22(2)3)21(26)25-16-14-24(15-17-25)13-12-23-10-4-5-11-23/h6-9,20H,4-5,10-17H2,1-3H3/t20-/m1/s1. The quantitative estimate of drug-likeness (QED) is 0.776. The SMILES string of the molecule is Cc1ccc([C@H](C(=O)N2CCN(CCN3CCCC3)CC2)N(C)C)cc1. The summed E-state index contributed by atoms with van der Waals surface area (Å²) >= 11 is 0. The second kappa shape index (κ2) is 8.98. The molecule has 0 unspecified atom stereocenters. The van der Waals surface area contributed by atoms with Crippen molar-refractivity contribution in [3.8, 4) is 0 Å². The maximum absolute atomic E-state index is 13.2. The predicted molar refractivity (Wildman–Crippen MR) is 106 cm³/mol. The van der Waals surface area contributed by atoms with Gasteiger partial charge in [-0.15, -0.1) is 0 Å². The zero-order valence-electron chi connectivity index (χ0n) is 16.7. The van der Waals surface area contributed by atoms with E-state index in [0.29, 0.717) is 0 Å². The number of rotatable bonds is 6. The molecule has 0 bridgehead atoms. The zero-order valence-corrected chi connectivity index (χ0v) is 16.7. The van der Waals surface area contributed by atoms with Gasteiger partial charge in [0.05, 0.1) is 0 Å². The Hall–Kier alpha value is -1.43. The summed E-state index contributed by atoms with van der Waals surface area (Å²) in [7, 11) is 3.99. The van der Waals surface area contributed by atoms with Gasteiger partial charge < -0.3 is 9.80 Å². The van der Waals surface area contributed by atoms with Crippen molar-refractivity contribution in [1.29, 1.82) is 0 Å². The van der Waals surface area contributed by atoms with E-state index >= 15 is 0 Å². The minimum absolute atomic E-state index is 0.188. The number of nitrogens with zero attached hydrogens (tertiary/aromatic N) is 4. The van der Waals surface area contributed by atoms with E-state index in [1.165, 1.54) is 38.0 Å². The number of likely N-dealkylation sites (tertiary alicyclic amines) is 1. The first-order valence-corrected chi connectivity index (χ1v) is 10.0. The van der Waals surface area contributed by atoms with Gasteiger partial charge in [-0.1, -0.05) is 29.8 Å². The van der Waals surface area contributed by atoms with Crippen molar-refractivity contribution in [2.45, 2.75) is 25.8 Å². The van der Waals surface area contributed by atoms with Gasteiger partial charge >= 0.3 is 0 Å². The van der Waals surface area contributed by atoms with Gasteiger partial charge in [-0.25, -0.2) is 0 Å². The van der Waals surface area contributed by atoms with Crippen LogP contribution in [0.5, 0.6) is 0 Å². The van der Waals surface area contributed by atoms with E-state index in [2.05, 4.69) is 45.9 Å². The number of benzene rings is 1. The Balaban J connectivity index is 1.53. The van der Waals surface area contributed by atoms with E-state index in [9.17, 15) is 4.79 Å². The lowest BCUT2D eigenvalue weighted by Gasteiger charge is -2.38. The molecule has 2 fully saturated rings. The fourth-order valence-electron chi connectivity index (χ4n) is 4.06. The van der Waals surface area contributed by atoms with Crippen LogP contribution in [0.4, 0.5) is 0 Å². The molecule has 0 saturated carbocycles. The molecule has 1 aromatic rings. The van der Waals surface area contributed by atoms with Crippen molar-refractivity contribution in [1.82, 2.24) is 19.6 Å². The van der Waals surface area contributed by atoms with Crippen LogP contribution in [0.1, 0.15) is 30.0 Å². The van der Waals surface area contributed by atoms with Gasteiger partial charge in [-0.05, 0) is 52.5 Å². The first kappa shape index (κ1) is 19.3. The molecule has 0 radical (unpaired) electrons. The Morgan fingerprint density at radius 2 is 1.46 bits per heavy atom. The van der Waals surface area contributed by atoms with Crippen LogP contribution < -0.4 is 0 Å². The van der Waals surface area contributed by atoms with Crippen LogP contribution in [0.15, 0.2) is 24.3 Å². The van der Waals surface area contributed by atoms with E-state index in [-0.39, 0.29) is 11.9 Å². The molecule has 0 aromatic heterocycles. The van der Waals surface area contributed by atoms with Crippen molar-refractivity contribution >= 4 is 5.91 Å². The third-order valence-corrected chi connectivity index (χ3v) is 5.76. The highest BCUT2D eigenvalue weighted by Crippen LogP contribution is 2.22. The predicted octanol–water partition coefficient (Wildman–Crippen LogP) is 1.84. The van der Waals surface area contributed by atoms with E-state index in [4.69, 9.17) is 0 Å². The van der Waals surface area contributed by atoms with Crippen molar-refractivity contribution in [3.63, 3.8) is 0 Å². The average Bonchev–Trinajstić information content (AvgIpc) is 3.15. The first-order valence-electron chi connectivity index (χ1n) is 10.0. The second-order valence-corrected chi connectivity index (χ2v) is 7.99. The number of amides is 1. The number of aryl methyl sites for hydroxylation is 1. The summed E-state index contributed by atoms with van der Waals surface area (Å²) in [6.07, 6.45) is 2.71. The van der Waals surface area contributed by atoms with Gasteiger partial charge in [0.2, 0.25) is 5.91 Å². The number of likely N-dealkylation sites (N-methyl/N-ethyl adjacent to an activating group) is 1. The number of hydrogen-bond acceptors (Lipinski definition) is 4. The van der Waals surface area contributed by atoms with E-state index < -0.39 is 0 Å². The molecule has 5 heteroatoms. The summed E-state index contributed by atoms with van der Waals surface area (Å²) in [5.74, 6) is 0.234. The monoisotopic (exact) mass is 358 g/mol. The molecular weight excluding hydrogens is 324 g/mol. The van der Waals surface area contributed by atoms with Gasteiger partial charge in [-0.2, -0.15) is 0 Å². The molecular formula is C21H34N4O. The van der Waals surface area contributed by atoms with E-state index in [1.807, 2.05) is 19.0 Å². The third kappa shape index (κ3) is 4.84. The Morgan fingerprint density at radius 1 is 0.923 bits per heavy atom. The van der Waals surface area contributed by atoms with Crippen LogP contribution in [0, 0.1) is 6.92 Å². The maximum Gasteiger partial charge on any atom is 0.244 e. The number of hydrogen-bond donors (Lipinski definition) is 0. The molecule has 2 heterocycles. The van der Waals surface area contributed by atoms with E-state index in [1.54, 1.807) is 0 Å². The summed E-state index contributed by atoms with van der Waals surface area (Å²) in [4.78, 5) is 22.3. The number of carbonyl (C=O) groups excluding carboxylic acids is 1. The molecule has 1 aromatic carbocycles. The molecule has 1 atom stereocenters. The second-order valence-electron chi connectivity index (χ2n) is 7.99. The Kier molecular flexibility index (Phi) is 6.68. The zero-order chi connectivity index (χ0) is 18.5. The lowest BCUT2D eigenvalue weighted by atomic mass is 10.0. The van der Waals surface area contributed by atoms with Crippen LogP contribution in [0.2, 0.25) is 0 Å². The smallest absolute Gasteiger partial charge is 0.244 e. The van der Waals surface area contributed by atoms with Crippen molar-refractivity contribution in [2.75, 3.05) is 66.5 Å². The Morgan fingerprint density at radius 3 is 2.00 bits per heavy atom. The molecule has 1 amide bonds. The highest BCUT2D eigenvalue weighted by atomic mass is 16.2. The molecule has 2 aliphatic rings. The molecule has 0 N–H and O–H groups in total. The normalized spacial score (nSPS) is 20.7. The topological polar surface area (TPSA) is 30.0 Å². The van der Waals surface area contributed by atoms with Gasteiger partial charge in [0, 0.05) is 39.3 Å². The van der Waals surface area contributed by atoms with Crippen LogP contribution in [0.3, 0.4) is 0 Å². The number of carbonyl (C=O) groups is 1. The van der Waals surface area contributed by atoms with Crippen LogP contribution in [-0.4, -0.2) is 92.0 Å². The fraction of sp³-hybridized carbons (Fsp3) is 0.667. The minimum atomic E-state index is -0.188. The molecule has 144 valence electrons. The maximum atomic E-state index is 13.2. The third-order valence-electron chi connectivity index (χ3n) is 5.76. The highest BCUT2D eigenvalue weighted by Gasteiger charge is 2.30. The highest BCUT2D eigenvalue weighted by molar-refractivity contribution is 5.83. The van der Waals surface area contributed by atoms with E-state index in [0.717, 1.165) is 38.3 Å². The Bertz CT molecular complexity index is 572. The summed E-state index contributed by atoms with van der Waals surface area (Å²) in [5.41, 5.74) is 2.31. The summed E-state index contributed by atoms with van der Waals surface area (Å²) in [5, 5.41) is 0. The lowest BCUT2D eigenvalue weighted by Crippen LogP contribution is -2.52. The molecule has 2 saturated heterocycles. The van der Waals surface area contributed by atoms with Gasteiger partial charge in [0.25, 0.3) is 0 Å². The summed E-state index contributed by atoms with van der Waals surface area (Å²) < 4.78 is 0. The summed E-state index contributed by atoms with van der Waals surface area (Å²) in [6, 6.07) is 8.17. The molecule has 0 aliphatic carbocycles. The molecule has 2 aliphatic heterocycles. The minimum Gasteiger partial charge on any atom is -0.338 e. The molecule has 3 rings (SSSR count). The fourth-order valence-corrected chi connectivity index (χ4v) is 4.06. The summed E-state index contributed by atoms with van der Waals surface area (Å²) in [6.45, 7) is 10.6. The van der Waals surface area contributed by atoms with Gasteiger partial charge in [0.15, 0.2) is 0 Å². The van der Waals surface area contributed by atoms with Gasteiger partial charge in [0.1, 0.15) is 6.04 Å². The lowest BCUT2D eigenvalue weighted by molar-refractivity contribution is -0.138. The number of piperazine rings is 1. The van der Waals surface area contributed by atoms with Crippen molar-refractivity contribution in [3.05, 3.63) is 35.4 Å². The molecule has 5 nitrogen and oxygen atoms in total. The Labute approximate surface area is 158 Å². The van der Waals surface area contributed by atoms with Gasteiger partial charge in [-0.3, -0.25) is 14.6 Å². The van der Waals surface area contributed by atoms with Crippen LogP contribution in [-0.2, 0) is 4.79 Å². The van der Waals surface area contributed by atoms with Crippen LogP contribution in [0.25, 0.3) is 0 Å². The largest absolute Gasteiger partial charge is 0.338 e. The average molecular weight is 359 g/mol. The first-order chi connectivity index (χ1) is 12.5. The van der Waals surface area contributed by atoms with Crippen LogP contribution >= 0.6 is 0 Å².